The first-order valence-corrected chi connectivity index (χ1v) is 8.90. The van der Waals surface area contributed by atoms with Gasteiger partial charge in [-0.3, -0.25) is 4.79 Å². The topological polar surface area (TPSA) is 49.2 Å². The number of nitrogens with zero attached hydrogens (tertiary/aromatic N) is 1. The molecule has 0 saturated heterocycles. The van der Waals surface area contributed by atoms with Crippen LogP contribution in [0.1, 0.15) is 46.5 Å². The zero-order valence-electron chi connectivity index (χ0n) is 14.2. The monoisotopic (exact) mass is 313 g/mol. The molecule has 4 unspecified atom stereocenters. The lowest BCUT2D eigenvalue weighted by Crippen LogP contribution is -2.40. The molecule has 4 rings (SSSR count). The third-order valence-electron chi connectivity index (χ3n) is 6.26. The van der Waals surface area contributed by atoms with Crippen LogP contribution in [0.5, 0.6) is 0 Å². The van der Waals surface area contributed by atoms with Crippen LogP contribution in [0.15, 0.2) is 34.1 Å². The molecule has 2 aliphatic carbocycles. The summed E-state index contributed by atoms with van der Waals surface area (Å²) in [5.74, 6) is 0.528. The highest BCUT2D eigenvalue weighted by atomic mass is 16.3. The third-order valence-corrected chi connectivity index (χ3v) is 6.26. The van der Waals surface area contributed by atoms with Crippen LogP contribution >= 0.6 is 0 Å². The molecule has 0 radical (unpaired) electrons. The average molecular weight is 313 g/mol. The van der Waals surface area contributed by atoms with Crippen molar-refractivity contribution in [2.75, 3.05) is 6.54 Å². The molecule has 0 aromatic heterocycles. The molecule has 2 aliphatic heterocycles. The van der Waals surface area contributed by atoms with Gasteiger partial charge in [-0.05, 0) is 42.9 Å². The molecular formula is C19H25N2O2+. The Morgan fingerprint density at radius 1 is 1.35 bits per heavy atom. The largest absolute Gasteiger partial charge is 0.306 e. The summed E-state index contributed by atoms with van der Waals surface area (Å²) >= 11 is 0. The zero-order valence-corrected chi connectivity index (χ0v) is 14.2. The number of nitroso groups, excluding NO2 is 1. The molecule has 0 bridgehead atoms. The molecule has 0 amide bonds. The lowest BCUT2D eigenvalue weighted by molar-refractivity contribution is -0.548. The molecule has 2 heterocycles. The van der Waals surface area contributed by atoms with Gasteiger partial charge in [0, 0.05) is 47.6 Å². The van der Waals surface area contributed by atoms with E-state index in [0.717, 1.165) is 37.9 Å². The molecule has 0 spiro atoms. The Morgan fingerprint density at radius 3 is 2.83 bits per heavy atom. The van der Waals surface area contributed by atoms with Gasteiger partial charge in [-0.15, -0.1) is 0 Å². The van der Waals surface area contributed by atoms with Crippen molar-refractivity contribution in [2.24, 2.45) is 11.8 Å². The fourth-order valence-electron chi connectivity index (χ4n) is 5.04. The normalized spacial score (nSPS) is 36.0. The summed E-state index contributed by atoms with van der Waals surface area (Å²) in [6.07, 6.45) is 5.80. The minimum absolute atomic E-state index is 0.0220. The van der Waals surface area contributed by atoms with Crippen LogP contribution in [-0.2, 0) is 4.79 Å². The Morgan fingerprint density at radius 2 is 2.13 bits per heavy atom. The van der Waals surface area contributed by atoms with Crippen molar-refractivity contribution in [3.63, 3.8) is 0 Å². The standard InChI is InChI=1S/C19H25N2O2/c1-4-13-8-16-15(10(2)21(13)23)7-12-9-20-17-6-5-14(11(3)22)19(16)18(12)17/h8,10,14-15,17,20H,4-7,9H2,1-3H3/q+1. The minimum atomic E-state index is -0.0416. The maximum absolute atomic E-state index is 12.5. The lowest BCUT2D eigenvalue weighted by Gasteiger charge is -2.38. The van der Waals surface area contributed by atoms with Crippen molar-refractivity contribution in [3.8, 4) is 0 Å². The molecule has 4 nitrogen and oxygen atoms in total. The summed E-state index contributed by atoms with van der Waals surface area (Å²) in [6.45, 7) is 6.72. The van der Waals surface area contributed by atoms with Gasteiger partial charge >= 0.3 is 0 Å². The average Bonchev–Trinajstić information content (AvgIpc) is 2.95. The van der Waals surface area contributed by atoms with E-state index in [1.54, 1.807) is 6.92 Å². The predicted molar refractivity (Wildman–Crippen MR) is 88.8 cm³/mol. The van der Waals surface area contributed by atoms with Crippen LogP contribution in [0.4, 0.5) is 0 Å². The molecule has 4 atom stereocenters. The number of nitrogens with one attached hydrogen (secondary N) is 1. The van der Waals surface area contributed by atoms with E-state index in [1.807, 2.05) is 13.8 Å². The van der Waals surface area contributed by atoms with E-state index in [2.05, 4.69) is 11.4 Å². The molecule has 122 valence electrons. The molecular weight excluding hydrogens is 288 g/mol. The summed E-state index contributed by atoms with van der Waals surface area (Å²) < 4.78 is 1.20. The molecule has 4 heteroatoms. The predicted octanol–water partition coefficient (Wildman–Crippen LogP) is 3.05. The summed E-state index contributed by atoms with van der Waals surface area (Å²) in [6, 6.07) is 0.378. The summed E-state index contributed by atoms with van der Waals surface area (Å²) in [5, 5.41) is 3.62. The Kier molecular flexibility index (Phi) is 3.41. The highest BCUT2D eigenvalue weighted by Gasteiger charge is 2.48. The Labute approximate surface area is 137 Å². The molecule has 1 fully saturated rings. The lowest BCUT2D eigenvalue weighted by atomic mass is 9.65. The molecule has 0 aromatic rings. The van der Waals surface area contributed by atoms with Gasteiger partial charge in [0.2, 0.25) is 11.7 Å². The highest BCUT2D eigenvalue weighted by molar-refractivity contribution is 5.84. The van der Waals surface area contributed by atoms with Crippen molar-refractivity contribution in [2.45, 2.75) is 58.5 Å². The first-order chi connectivity index (χ1) is 11.0. The Hall–Kier alpha value is -1.55. The minimum Gasteiger partial charge on any atom is -0.306 e. The number of carbonyl (C=O) groups is 1. The van der Waals surface area contributed by atoms with Crippen LogP contribution in [0.2, 0.25) is 0 Å². The Balaban J connectivity index is 1.94. The number of carbonyl (C=O) groups excluding carboxylic acids is 1. The quantitative estimate of drug-likeness (QED) is 0.797. The third kappa shape index (κ3) is 2.04. The van der Waals surface area contributed by atoms with Crippen molar-refractivity contribution in [1.82, 2.24) is 5.32 Å². The number of hydrogen-bond acceptors (Lipinski definition) is 3. The van der Waals surface area contributed by atoms with Crippen LogP contribution < -0.4 is 5.32 Å². The molecule has 1 N–H and O–H groups in total. The number of Topliss-reactive ketones (excluding diaryl/α,β-unsaturated/α-hetero) is 1. The smallest absolute Gasteiger partial charge is 0.233 e. The van der Waals surface area contributed by atoms with Crippen molar-refractivity contribution >= 4 is 5.78 Å². The van der Waals surface area contributed by atoms with Gasteiger partial charge in [0.1, 0.15) is 5.78 Å². The molecule has 4 aliphatic rings. The van der Waals surface area contributed by atoms with E-state index in [1.165, 1.54) is 27.1 Å². The number of fused-ring (bicyclic) bond motifs is 1. The van der Waals surface area contributed by atoms with Crippen molar-refractivity contribution in [3.05, 3.63) is 39.0 Å². The second-order valence-corrected chi connectivity index (χ2v) is 7.43. The van der Waals surface area contributed by atoms with Gasteiger partial charge in [-0.1, -0.05) is 12.5 Å². The van der Waals surface area contributed by atoms with Crippen LogP contribution in [0, 0.1) is 16.7 Å². The van der Waals surface area contributed by atoms with Gasteiger partial charge in [0.05, 0.1) is 5.92 Å². The van der Waals surface area contributed by atoms with Crippen molar-refractivity contribution < 1.29 is 9.55 Å². The fourth-order valence-corrected chi connectivity index (χ4v) is 5.04. The molecule has 1 saturated carbocycles. The SMILES string of the molecule is CCC1=CC2=C3C4=C(CNC4CCC3C(C)=O)CC2C(C)[N+]1=O. The summed E-state index contributed by atoms with van der Waals surface area (Å²) in [5.41, 5.74) is 6.28. The highest BCUT2D eigenvalue weighted by Crippen LogP contribution is 2.50. The first kappa shape index (κ1) is 15.0. The van der Waals surface area contributed by atoms with E-state index in [0.29, 0.717) is 6.04 Å². The summed E-state index contributed by atoms with van der Waals surface area (Å²) in [7, 11) is 0. The van der Waals surface area contributed by atoms with Gasteiger partial charge in [0.15, 0.2) is 0 Å². The number of ketones is 1. The first-order valence-electron chi connectivity index (χ1n) is 8.90. The maximum Gasteiger partial charge on any atom is 0.233 e. The zero-order chi connectivity index (χ0) is 16.3. The van der Waals surface area contributed by atoms with Gasteiger partial charge < -0.3 is 5.32 Å². The maximum atomic E-state index is 12.5. The number of hydrogen-bond donors (Lipinski definition) is 1. The fraction of sp³-hybridized carbons (Fsp3) is 0.632. The Bertz CT molecular complexity index is 698. The number of allylic oxidation sites excluding steroid dienone is 2. The van der Waals surface area contributed by atoms with Crippen LogP contribution in [0.25, 0.3) is 0 Å². The summed E-state index contributed by atoms with van der Waals surface area (Å²) in [4.78, 5) is 24.8. The van der Waals surface area contributed by atoms with E-state index < -0.39 is 0 Å². The van der Waals surface area contributed by atoms with E-state index in [9.17, 15) is 9.70 Å². The van der Waals surface area contributed by atoms with Crippen molar-refractivity contribution in [1.29, 1.82) is 0 Å². The number of rotatable bonds is 2. The van der Waals surface area contributed by atoms with E-state index >= 15 is 0 Å². The van der Waals surface area contributed by atoms with E-state index in [-0.39, 0.29) is 23.7 Å². The second kappa shape index (κ2) is 5.23. The van der Waals surface area contributed by atoms with Gasteiger partial charge in [0.25, 0.3) is 0 Å². The van der Waals surface area contributed by atoms with Gasteiger partial charge in [-0.25, -0.2) is 0 Å². The van der Waals surface area contributed by atoms with Gasteiger partial charge in [-0.2, -0.15) is 0 Å². The van der Waals surface area contributed by atoms with E-state index in [4.69, 9.17) is 0 Å². The second-order valence-electron chi connectivity index (χ2n) is 7.43. The van der Waals surface area contributed by atoms with Crippen LogP contribution in [0.3, 0.4) is 0 Å². The van der Waals surface area contributed by atoms with Crippen LogP contribution in [-0.4, -0.2) is 29.2 Å². The molecule has 23 heavy (non-hydrogen) atoms. The molecule has 0 aromatic carbocycles.